The van der Waals surface area contributed by atoms with Crippen LogP contribution in [0.5, 0.6) is 0 Å². The van der Waals surface area contributed by atoms with Gasteiger partial charge in [-0.1, -0.05) is 48.5 Å². The molecule has 1 aliphatic heterocycles. The van der Waals surface area contributed by atoms with E-state index in [0.29, 0.717) is 12.1 Å². The summed E-state index contributed by atoms with van der Waals surface area (Å²) in [5.74, 6) is 1.50. The summed E-state index contributed by atoms with van der Waals surface area (Å²) in [5, 5.41) is 4.68. The molecule has 26 heavy (non-hydrogen) atoms. The minimum Gasteiger partial charge on any atom is -0.378 e. The molecule has 2 heterocycles. The summed E-state index contributed by atoms with van der Waals surface area (Å²) in [5.41, 5.74) is 3.09. The van der Waals surface area contributed by atoms with Gasteiger partial charge in [0.05, 0.1) is 17.3 Å². The molecule has 2 atom stereocenters. The molecular weight excluding hydrogens is 322 g/mol. The molecule has 0 spiro atoms. The molecular formula is C22H23N3O. The Balaban J connectivity index is 1.48. The van der Waals surface area contributed by atoms with E-state index in [-0.39, 0.29) is 0 Å². The van der Waals surface area contributed by atoms with Crippen molar-refractivity contribution in [2.45, 2.75) is 37.8 Å². The monoisotopic (exact) mass is 345 g/mol. The highest BCUT2D eigenvalue weighted by atomic mass is 16.5. The van der Waals surface area contributed by atoms with Gasteiger partial charge in [0.2, 0.25) is 5.95 Å². The molecule has 1 aliphatic carbocycles. The largest absolute Gasteiger partial charge is 0.378 e. The molecule has 1 N–H and O–H groups in total. The molecule has 1 saturated carbocycles. The molecule has 2 unspecified atom stereocenters. The summed E-state index contributed by atoms with van der Waals surface area (Å²) in [6.07, 6.45) is 5.13. The van der Waals surface area contributed by atoms with Crippen molar-refractivity contribution in [2.75, 3.05) is 11.9 Å². The van der Waals surface area contributed by atoms with Gasteiger partial charge < -0.3 is 10.1 Å². The molecule has 0 amide bonds. The van der Waals surface area contributed by atoms with E-state index in [0.717, 1.165) is 53.5 Å². The maximum atomic E-state index is 5.95. The first-order valence-corrected chi connectivity index (χ1v) is 9.57. The normalized spacial score (nSPS) is 23.1. The van der Waals surface area contributed by atoms with Crippen molar-refractivity contribution in [3.05, 3.63) is 54.6 Å². The summed E-state index contributed by atoms with van der Waals surface area (Å²) < 4.78 is 5.95. The van der Waals surface area contributed by atoms with Crippen LogP contribution in [-0.4, -0.2) is 28.7 Å². The van der Waals surface area contributed by atoms with E-state index in [9.17, 15) is 0 Å². The molecule has 5 rings (SSSR count). The molecule has 1 aromatic heterocycles. The zero-order valence-electron chi connectivity index (χ0n) is 14.8. The Bertz CT molecular complexity index is 908. The first-order valence-electron chi connectivity index (χ1n) is 9.57. The fraction of sp³-hybridized carbons (Fsp3) is 0.364. The van der Waals surface area contributed by atoms with Crippen LogP contribution in [0.2, 0.25) is 0 Å². The van der Waals surface area contributed by atoms with E-state index in [1.165, 1.54) is 12.8 Å². The fourth-order valence-corrected chi connectivity index (χ4v) is 3.90. The van der Waals surface area contributed by atoms with Gasteiger partial charge in [-0.25, -0.2) is 9.97 Å². The predicted molar refractivity (Wildman–Crippen MR) is 104 cm³/mol. The number of fused-ring (bicyclic) bond motifs is 1. The Labute approximate surface area is 153 Å². The SMILES string of the molecule is c1ccc(-c2nc(NC3CCOC(C4CC4)C3)nc3ccccc23)cc1. The molecule has 0 bridgehead atoms. The molecule has 3 aromatic rings. The lowest BCUT2D eigenvalue weighted by molar-refractivity contribution is -0.00227. The topological polar surface area (TPSA) is 47.0 Å². The van der Waals surface area contributed by atoms with Crippen LogP contribution in [0.3, 0.4) is 0 Å². The standard InChI is InChI=1S/C22H23N3O/c1-2-6-16(7-3-1)21-18-8-4-5-9-19(18)24-22(25-21)23-17-12-13-26-20(14-17)15-10-11-15/h1-9,15,17,20H,10-14H2,(H,23,24,25). The lowest BCUT2D eigenvalue weighted by atomic mass is 10.0. The van der Waals surface area contributed by atoms with Crippen LogP contribution in [0.4, 0.5) is 5.95 Å². The first kappa shape index (κ1) is 15.8. The Morgan fingerprint density at radius 3 is 2.54 bits per heavy atom. The van der Waals surface area contributed by atoms with Gasteiger partial charge in [0, 0.05) is 23.6 Å². The zero-order valence-corrected chi connectivity index (χ0v) is 14.8. The average Bonchev–Trinajstić information content (AvgIpc) is 3.54. The predicted octanol–water partition coefficient (Wildman–Crippen LogP) is 4.67. The number of anilines is 1. The van der Waals surface area contributed by atoms with Crippen molar-refractivity contribution in [1.29, 1.82) is 0 Å². The van der Waals surface area contributed by atoms with Crippen LogP contribution in [0.25, 0.3) is 22.2 Å². The van der Waals surface area contributed by atoms with E-state index in [2.05, 4.69) is 41.7 Å². The van der Waals surface area contributed by atoms with E-state index < -0.39 is 0 Å². The number of nitrogens with one attached hydrogen (secondary N) is 1. The summed E-state index contributed by atoms with van der Waals surface area (Å²) in [6.45, 7) is 0.831. The maximum absolute atomic E-state index is 5.95. The molecule has 132 valence electrons. The molecule has 2 fully saturated rings. The molecule has 4 heteroatoms. The molecule has 0 radical (unpaired) electrons. The molecule has 2 aromatic carbocycles. The summed E-state index contributed by atoms with van der Waals surface area (Å²) in [6, 6.07) is 19.0. The Kier molecular flexibility index (Phi) is 4.06. The number of hydrogen-bond donors (Lipinski definition) is 1. The van der Waals surface area contributed by atoms with Crippen LogP contribution in [0.15, 0.2) is 54.6 Å². The van der Waals surface area contributed by atoms with Gasteiger partial charge in [0.25, 0.3) is 0 Å². The second kappa shape index (κ2) is 6.69. The summed E-state index contributed by atoms with van der Waals surface area (Å²) in [7, 11) is 0. The molecule has 1 saturated heterocycles. The van der Waals surface area contributed by atoms with E-state index in [4.69, 9.17) is 14.7 Å². The number of para-hydroxylation sites is 1. The highest BCUT2D eigenvalue weighted by Gasteiger charge is 2.36. The lowest BCUT2D eigenvalue weighted by Crippen LogP contribution is -2.35. The van der Waals surface area contributed by atoms with Crippen LogP contribution >= 0.6 is 0 Å². The first-order chi connectivity index (χ1) is 12.9. The number of ether oxygens (including phenoxy) is 1. The van der Waals surface area contributed by atoms with Crippen LogP contribution in [-0.2, 0) is 4.74 Å². The van der Waals surface area contributed by atoms with E-state index >= 15 is 0 Å². The number of nitrogens with zero attached hydrogens (tertiary/aromatic N) is 2. The van der Waals surface area contributed by atoms with Crippen LogP contribution in [0.1, 0.15) is 25.7 Å². The highest BCUT2D eigenvalue weighted by Crippen LogP contribution is 2.38. The number of rotatable bonds is 4. The second-order valence-corrected chi connectivity index (χ2v) is 7.39. The van der Waals surface area contributed by atoms with Gasteiger partial charge in [-0.2, -0.15) is 0 Å². The van der Waals surface area contributed by atoms with Crippen molar-refractivity contribution >= 4 is 16.9 Å². The van der Waals surface area contributed by atoms with Crippen molar-refractivity contribution < 1.29 is 4.74 Å². The average molecular weight is 345 g/mol. The highest BCUT2D eigenvalue weighted by molar-refractivity contribution is 5.93. The quantitative estimate of drug-likeness (QED) is 0.747. The minimum absolute atomic E-state index is 0.388. The number of benzene rings is 2. The third-order valence-electron chi connectivity index (χ3n) is 5.45. The van der Waals surface area contributed by atoms with Gasteiger partial charge in [-0.05, 0) is 37.7 Å². The fourth-order valence-electron chi connectivity index (χ4n) is 3.90. The van der Waals surface area contributed by atoms with Gasteiger partial charge in [0.1, 0.15) is 0 Å². The molecule has 2 aliphatic rings. The second-order valence-electron chi connectivity index (χ2n) is 7.39. The van der Waals surface area contributed by atoms with Gasteiger partial charge >= 0.3 is 0 Å². The minimum atomic E-state index is 0.388. The number of hydrogen-bond acceptors (Lipinski definition) is 4. The maximum Gasteiger partial charge on any atom is 0.224 e. The smallest absolute Gasteiger partial charge is 0.224 e. The van der Waals surface area contributed by atoms with E-state index in [1.54, 1.807) is 0 Å². The Hall–Kier alpha value is -2.46. The number of aromatic nitrogens is 2. The Morgan fingerprint density at radius 1 is 0.885 bits per heavy atom. The van der Waals surface area contributed by atoms with E-state index in [1.807, 2.05) is 18.2 Å². The summed E-state index contributed by atoms with van der Waals surface area (Å²) in [4.78, 5) is 9.67. The summed E-state index contributed by atoms with van der Waals surface area (Å²) >= 11 is 0. The third kappa shape index (κ3) is 3.17. The van der Waals surface area contributed by atoms with Gasteiger partial charge in [0.15, 0.2) is 0 Å². The third-order valence-corrected chi connectivity index (χ3v) is 5.45. The van der Waals surface area contributed by atoms with Crippen LogP contribution < -0.4 is 5.32 Å². The van der Waals surface area contributed by atoms with Gasteiger partial charge in [-0.3, -0.25) is 0 Å². The van der Waals surface area contributed by atoms with Crippen LogP contribution in [0, 0.1) is 5.92 Å². The lowest BCUT2D eigenvalue weighted by Gasteiger charge is -2.30. The zero-order chi connectivity index (χ0) is 17.3. The van der Waals surface area contributed by atoms with Crippen molar-refractivity contribution in [3.8, 4) is 11.3 Å². The Morgan fingerprint density at radius 2 is 1.69 bits per heavy atom. The van der Waals surface area contributed by atoms with Gasteiger partial charge in [-0.15, -0.1) is 0 Å². The van der Waals surface area contributed by atoms with Crippen molar-refractivity contribution in [3.63, 3.8) is 0 Å². The van der Waals surface area contributed by atoms with Crippen molar-refractivity contribution in [1.82, 2.24) is 9.97 Å². The van der Waals surface area contributed by atoms with Crippen molar-refractivity contribution in [2.24, 2.45) is 5.92 Å². The molecule has 4 nitrogen and oxygen atoms in total.